The lowest BCUT2D eigenvalue weighted by Crippen LogP contribution is -2.48. The lowest BCUT2D eigenvalue weighted by Gasteiger charge is -2.28. The first kappa shape index (κ1) is 14.8. The van der Waals surface area contributed by atoms with Gasteiger partial charge in [-0.05, 0) is 31.2 Å². The topological polar surface area (TPSA) is 69.6 Å². The van der Waals surface area contributed by atoms with Crippen molar-refractivity contribution in [1.82, 2.24) is 10.2 Å². The second-order valence-corrected chi connectivity index (χ2v) is 6.13. The smallest absolute Gasteiger partial charge is 0.323 e. The van der Waals surface area contributed by atoms with E-state index in [0.29, 0.717) is 0 Å². The van der Waals surface area contributed by atoms with E-state index in [1.807, 2.05) is 24.4 Å². The summed E-state index contributed by atoms with van der Waals surface area (Å²) in [6, 6.07) is 3.59. The highest BCUT2D eigenvalue weighted by Crippen LogP contribution is 2.24. The van der Waals surface area contributed by atoms with Crippen molar-refractivity contribution in [3.05, 3.63) is 22.4 Å². The molecule has 20 heavy (non-hydrogen) atoms. The second-order valence-electron chi connectivity index (χ2n) is 5.15. The molecule has 0 bridgehead atoms. The minimum absolute atomic E-state index is 0.0571. The average molecular weight is 296 g/mol. The first-order valence-corrected chi connectivity index (χ1v) is 7.78. The molecule has 2 N–H and O–H groups in total. The molecule has 6 heteroatoms. The molecule has 1 unspecified atom stereocenters. The van der Waals surface area contributed by atoms with Crippen LogP contribution in [0.3, 0.4) is 0 Å². The van der Waals surface area contributed by atoms with Gasteiger partial charge in [-0.2, -0.15) is 0 Å². The van der Waals surface area contributed by atoms with Gasteiger partial charge in [0, 0.05) is 10.9 Å². The van der Waals surface area contributed by atoms with Gasteiger partial charge in [0.2, 0.25) is 0 Å². The van der Waals surface area contributed by atoms with E-state index in [9.17, 15) is 9.59 Å². The fourth-order valence-corrected chi connectivity index (χ4v) is 3.34. The Morgan fingerprint density at radius 2 is 2.20 bits per heavy atom. The Kier molecular flexibility index (Phi) is 5.00. The highest BCUT2D eigenvalue weighted by molar-refractivity contribution is 7.10. The van der Waals surface area contributed by atoms with Crippen LogP contribution in [0, 0.1) is 0 Å². The summed E-state index contributed by atoms with van der Waals surface area (Å²) in [5, 5.41) is 13.9. The SMILES string of the molecule is CC(NC(=O)N(CC(=O)O)C1CCCC1)c1cccs1. The molecule has 0 saturated heterocycles. The Hall–Kier alpha value is -1.56. The zero-order valence-corrected chi connectivity index (χ0v) is 12.4. The molecule has 1 aromatic rings. The molecule has 0 aliphatic heterocycles. The highest BCUT2D eigenvalue weighted by Gasteiger charge is 2.29. The summed E-state index contributed by atoms with van der Waals surface area (Å²) in [6.45, 7) is 1.69. The number of carboxylic acids is 1. The predicted molar refractivity (Wildman–Crippen MR) is 77.9 cm³/mol. The van der Waals surface area contributed by atoms with Crippen molar-refractivity contribution >= 4 is 23.3 Å². The summed E-state index contributed by atoms with van der Waals surface area (Å²) >= 11 is 1.58. The van der Waals surface area contributed by atoms with Gasteiger partial charge in [0.1, 0.15) is 6.54 Å². The van der Waals surface area contributed by atoms with Crippen LogP contribution in [0.25, 0.3) is 0 Å². The lowest BCUT2D eigenvalue weighted by molar-refractivity contribution is -0.138. The molecule has 0 aromatic carbocycles. The summed E-state index contributed by atoms with van der Waals surface area (Å²) in [6.07, 6.45) is 3.92. The number of hydrogen-bond acceptors (Lipinski definition) is 3. The molecule has 1 atom stereocenters. The van der Waals surface area contributed by atoms with E-state index < -0.39 is 5.97 Å². The van der Waals surface area contributed by atoms with Crippen LogP contribution in [0.4, 0.5) is 4.79 Å². The van der Waals surface area contributed by atoms with Crippen LogP contribution in [0.15, 0.2) is 17.5 Å². The van der Waals surface area contributed by atoms with E-state index in [0.717, 1.165) is 30.6 Å². The van der Waals surface area contributed by atoms with Crippen LogP contribution >= 0.6 is 11.3 Å². The van der Waals surface area contributed by atoms with Crippen molar-refractivity contribution in [2.75, 3.05) is 6.54 Å². The Morgan fingerprint density at radius 1 is 1.50 bits per heavy atom. The average Bonchev–Trinajstić information content (AvgIpc) is 3.08. The van der Waals surface area contributed by atoms with Crippen molar-refractivity contribution in [2.45, 2.75) is 44.7 Å². The molecule has 1 fully saturated rings. The maximum atomic E-state index is 12.3. The van der Waals surface area contributed by atoms with E-state index in [2.05, 4.69) is 5.32 Å². The minimum atomic E-state index is -0.962. The lowest BCUT2D eigenvalue weighted by atomic mass is 10.2. The molecule has 5 nitrogen and oxygen atoms in total. The number of thiophene rings is 1. The summed E-state index contributed by atoms with van der Waals surface area (Å²) in [4.78, 5) is 25.8. The van der Waals surface area contributed by atoms with Gasteiger partial charge in [0.15, 0.2) is 0 Å². The molecule has 1 heterocycles. The molecule has 1 aliphatic carbocycles. The van der Waals surface area contributed by atoms with Crippen molar-refractivity contribution in [1.29, 1.82) is 0 Å². The van der Waals surface area contributed by atoms with Gasteiger partial charge in [0.25, 0.3) is 0 Å². The van der Waals surface area contributed by atoms with E-state index in [1.165, 1.54) is 4.90 Å². The van der Waals surface area contributed by atoms with E-state index in [-0.39, 0.29) is 24.7 Å². The molecule has 0 radical (unpaired) electrons. The Bertz CT molecular complexity index is 455. The van der Waals surface area contributed by atoms with Gasteiger partial charge in [0.05, 0.1) is 6.04 Å². The number of carbonyl (C=O) groups is 2. The third-order valence-electron chi connectivity index (χ3n) is 3.64. The molecular weight excluding hydrogens is 276 g/mol. The first-order valence-electron chi connectivity index (χ1n) is 6.90. The summed E-state index contributed by atoms with van der Waals surface area (Å²) in [5.41, 5.74) is 0. The molecule has 110 valence electrons. The third kappa shape index (κ3) is 3.72. The number of aliphatic carboxylic acids is 1. The van der Waals surface area contributed by atoms with Crippen molar-refractivity contribution < 1.29 is 14.7 Å². The van der Waals surface area contributed by atoms with Gasteiger partial charge < -0.3 is 15.3 Å². The largest absolute Gasteiger partial charge is 0.480 e. The van der Waals surface area contributed by atoms with Crippen molar-refractivity contribution in [2.24, 2.45) is 0 Å². The highest BCUT2D eigenvalue weighted by atomic mass is 32.1. The van der Waals surface area contributed by atoms with E-state index >= 15 is 0 Å². The van der Waals surface area contributed by atoms with Gasteiger partial charge in [-0.1, -0.05) is 18.9 Å². The summed E-state index contributed by atoms with van der Waals surface area (Å²) < 4.78 is 0. The van der Waals surface area contributed by atoms with Gasteiger partial charge in [-0.25, -0.2) is 4.79 Å². The van der Waals surface area contributed by atoms with Crippen LogP contribution in [0.1, 0.15) is 43.5 Å². The monoisotopic (exact) mass is 296 g/mol. The van der Waals surface area contributed by atoms with Crippen LogP contribution in [-0.4, -0.2) is 34.6 Å². The summed E-state index contributed by atoms with van der Waals surface area (Å²) in [5.74, 6) is -0.962. The Balaban J connectivity index is 2.00. The molecule has 1 saturated carbocycles. The molecule has 1 aromatic heterocycles. The van der Waals surface area contributed by atoms with Crippen LogP contribution < -0.4 is 5.32 Å². The molecule has 0 spiro atoms. The number of rotatable bonds is 5. The van der Waals surface area contributed by atoms with Gasteiger partial charge >= 0.3 is 12.0 Å². The number of amides is 2. The molecule has 2 rings (SSSR count). The quantitative estimate of drug-likeness (QED) is 0.877. The third-order valence-corrected chi connectivity index (χ3v) is 4.70. The number of hydrogen-bond donors (Lipinski definition) is 2. The standard InChI is InChI=1S/C14H20N2O3S/c1-10(12-7-4-8-20-12)15-14(19)16(9-13(17)18)11-5-2-3-6-11/h4,7-8,10-11H,2-3,5-6,9H2,1H3,(H,15,19)(H,17,18). The molecule has 1 aliphatic rings. The first-order chi connectivity index (χ1) is 9.58. The Labute approximate surface area is 122 Å². The molecule has 2 amide bonds. The number of carboxylic acid groups (broad SMARTS) is 1. The predicted octanol–water partition coefficient (Wildman–Crippen LogP) is 2.85. The normalized spacial score (nSPS) is 16.9. The zero-order chi connectivity index (χ0) is 14.5. The maximum Gasteiger partial charge on any atom is 0.323 e. The van der Waals surface area contributed by atoms with Gasteiger partial charge in [-0.3, -0.25) is 4.79 Å². The van der Waals surface area contributed by atoms with Crippen LogP contribution in [0.2, 0.25) is 0 Å². The number of carbonyl (C=O) groups excluding carboxylic acids is 1. The second kappa shape index (κ2) is 6.74. The van der Waals surface area contributed by atoms with Crippen molar-refractivity contribution in [3.63, 3.8) is 0 Å². The Morgan fingerprint density at radius 3 is 2.75 bits per heavy atom. The number of urea groups is 1. The van der Waals surface area contributed by atoms with E-state index in [1.54, 1.807) is 11.3 Å². The fourth-order valence-electron chi connectivity index (χ4n) is 2.61. The summed E-state index contributed by atoms with van der Waals surface area (Å²) in [7, 11) is 0. The van der Waals surface area contributed by atoms with Gasteiger partial charge in [-0.15, -0.1) is 11.3 Å². The molecular formula is C14H20N2O3S. The fraction of sp³-hybridized carbons (Fsp3) is 0.571. The zero-order valence-electron chi connectivity index (χ0n) is 11.5. The van der Waals surface area contributed by atoms with E-state index in [4.69, 9.17) is 5.11 Å². The number of nitrogens with zero attached hydrogens (tertiary/aromatic N) is 1. The maximum absolute atomic E-state index is 12.3. The minimum Gasteiger partial charge on any atom is -0.480 e. The van der Waals surface area contributed by atoms with Crippen LogP contribution in [0.5, 0.6) is 0 Å². The van der Waals surface area contributed by atoms with Crippen molar-refractivity contribution in [3.8, 4) is 0 Å². The van der Waals surface area contributed by atoms with Crippen LogP contribution in [-0.2, 0) is 4.79 Å². The number of nitrogens with one attached hydrogen (secondary N) is 1.